The quantitative estimate of drug-likeness (QED) is 0.768. The summed E-state index contributed by atoms with van der Waals surface area (Å²) in [5, 5.41) is 0. The van der Waals surface area contributed by atoms with Crippen LogP contribution in [-0.2, 0) is 6.42 Å². The molecule has 0 saturated heterocycles. The van der Waals surface area contributed by atoms with Gasteiger partial charge < -0.3 is 11.5 Å². The highest BCUT2D eigenvalue weighted by Gasteiger charge is 2.09. The van der Waals surface area contributed by atoms with Gasteiger partial charge in [-0.05, 0) is 23.6 Å². The van der Waals surface area contributed by atoms with Gasteiger partial charge in [-0.3, -0.25) is 0 Å². The number of rotatable bonds is 3. The molecule has 0 spiro atoms. The minimum Gasteiger partial charge on any atom is -0.398 e. The van der Waals surface area contributed by atoms with E-state index in [9.17, 15) is 0 Å². The molecule has 2 nitrogen and oxygen atoms in total. The fourth-order valence-corrected chi connectivity index (χ4v) is 1.83. The maximum atomic E-state index is 6.15. The Morgan fingerprint density at radius 3 is 2.19 bits per heavy atom. The lowest BCUT2D eigenvalue weighted by Crippen LogP contribution is -2.15. The lowest BCUT2D eigenvalue weighted by atomic mass is 9.98. The van der Waals surface area contributed by atoms with E-state index in [2.05, 4.69) is 12.1 Å². The molecule has 82 valence electrons. The first-order chi connectivity index (χ1) is 7.77. The number of para-hydroxylation sites is 1. The molecule has 2 aromatic carbocycles. The number of hydrogen-bond donors (Lipinski definition) is 2. The van der Waals surface area contributed by atoms with Crippen molar-refractivity contribution in [1.29, 1.82) is 0 Å². The molecule has 1 atom stereocenters. The predicted molar refractivity (Wildman–Crippen MR) is 67.9 cm³/mol. The van der Waals surface area contributed by atoms with Crippen molar-refractivity contribution in [2.45, 2.75) is 12.5 Å². The van der Waals surface area contributed by atoms with Crippen LogP contribution in [0.25, 0.3) is 0 Å². The smallest absolute Gasteiger partial charge is 0.0362 e. The second-order valence-electron chi connectivity index (χ2n) is 3.93. The Hall–Kier alpha value is -1.80. The van der Waals surface area contributed by atoms with Crippen molar-refractivity contribution in [3.63, 3.8) is 0 Å². The summed E-state index contributed by atoms with van der Waals surface area (Å²) in [6, 6.07) is 18.0. The largest absolute Gasteiger partial charge is 0.398 e. The molecule has 0 aromatic heterocycles. The van der Waals surface area contributed by atoms with Crippen LogP contribution >= 0.6 is 0 Å². The Bertz CT molecular complexity index is 451. The summed E-state index contributed by atoms with van der Waals surface area (Å²) >= 11 is 0. The molecule has 0 bridgehead atoms. The lowest BCUT2D eigenvalue weighted by Gasteiger charge is -2.14. The number of nitrogen functional groups attached to an aromatic ring is 1. The molecule has 0 aliphatic carbocycles. The molecule has 4 N–H and O–H groups in total. The van der Waals surface area contributed by atoms with E-state index in [4.69, 9.17) is 11.5 Å². The third-order valence-electron chi connectivity index (χ3n) is 2.69. The minimum atomic E-state index is -0.0383. The van der Waals surface area contributed by atoms with Gasteiger partial charge in [0.2, 0.25) is 0 Å². The van der Waals surface area contributed by atoms with Crippen LogP contribution in [-0.4, -0.2) is 0 Å². The normalized spacial score (nSPS) is 12.3. The van der Waals surface area contributed by atoms with E-state index in [0.29, 0.717) is 0 Å². The monoisotopic (exact) mass is 212 g/mol. The minimum absolute atomic E-state index is 0.0383. The van der Waals surface area contributed by atoms with Gasteiger partial charge in [-0.2, -0.15) is 0 Å². The summed E-state index contributed by atoms with van der Waals surface area (Å²) < 4.78 is 0. The van der Waals surface area contributed by atoms with Crippen molar-refractivity contribution >= 4 is 5.69 Å². The van der Waals surface area contributed by atoms with E-state index in [0.717, 1.165) is 17.7 Å². The van der Waals surface area contributed by atoms with Crippen LogP contribution in [0.15, 0.2) is 54.6 Å². The zero-order valence-corrected chi connectivity index (χ0v) is 9.14. The third kappa shape index (κ3) is 2.41. The second kappa shape index (κ2) is 4.81. The maximum Gasteiger partial charge on any atom is 0.0362 e. The first-order valence-electron chi connectivity index (χ1n) is 5.41. The van der Waals surface area contributed by atoms with E-state index in [1.165, 1.54) is 5.56 Å². The molecule has 2 aromatic rings. The highest BCUT2D eigenvalue weighted by Crippen LogP contribution is 2.21. The van der Waals surface area contributed by atoms with E-state index in [1.54, 1.807) is 0 Å². The summed E-state index contributed by atoms with van der Waals surface area (Å²) in [5.41, 5.74) is 15.1. The van der Waals surface area contributed by atoms with Crippen LogP contribution in [0.2, 0.25) is 0 Å². The molecule has 0 radical (unpaired) electrons. The van der Waals surface area contributed by atoms with Crippen molar-refractivity contribution in [3.05, 3.63) is 65.7 Å². The van der Waals surface area contributed by atoms with Crippen molar-refractivity contribution < 1.29 is 0 Å². The molecule has 2 rings (SSSR count). The van der Waals surface area contributed by atoms with Crippen LogP contribution in [0.1, 0.15) is 17.2 Å². The average Bonchev–Trinajstić information content (AvgIpc) is 2.31. The predicted octanol–water partition coefficient (Wildman–Crippen LogP) is 2.51. The van der Waals surface area contributed by atoms with Crippen molar-refractivity contribution in [2.75, 3.05) is 5.73 Å². The van der Waals surface area contributed by atoms with Crippen LogP contribution in [0.3, 0.4) is 0 Å². The molecule has 16 heavy (non-hydrogen) atoms. The van der Waals surface area contributed by atoms with Gasteiger partial charge in [0.1, 0.15) is 0 Å². The van der Waals surface area contributed by atoms with Gasteiger partial charge in [0.25, 0.3) is 0 Å². The molecular formula is C14H16N2. The maximum absolute atomic E-state index is 6.15. The van der Waals surface area contributed by atoms with Crippen LogP contribution in [0, 0.1) is 0 Å². The van der Waals surface area contributed by atoms with Gasteiger partial charge in [0.15, 0.2) is 0 Å². The third-order valence-corrected chi connectivity index (χ3v) is 2.69. The van der Waals surface area contributed by atoms with Crippen LogP contribution in [0.4, 0.5) is 5.69 Å². The topological polar surface area (TPSA) is 52.0 Å². The Kier molecular flexibility index (Phi) is 3.22. The molecule has 0 amide bonds. The van der Waals surface area contributed by atoms with E-state index >= 15 is 0 Å². The first-order valence-corrected chi connectivity index (χ1v) is 5.41. The first kappa shape index (κ1) is 10.7. The van der Waals surface area contributed by atoms with Gasteiger partial charge >= 0.3 is 0 Å². The Labute approximate surface area is 95.9 Å². The molecule has 0 aliphatic rings. The lowest BCUT2D eigenvalue weighted by molar-refractivity contribution is 0.724. The summed E-state index contributed by atoms with van der Waals surface area (Å²) in [7, 11) is 0. The fourth-order valence-electron chi connectivity index (χ4n) is 1.83. The number of hydrogen-bond acceptors (Lipinski definition) is 2. The Morgan fingerprint density at radius 1 is 0.875 bits per heavy atom. The molecule has 0 fully saturated rings. The molecule has 0 unspecified atom stereocenters. The second-order valence-corrected chi connectivity index (χ2v) is 3.93. The Morgan fingerprint density at radius 2 is 1.50 bits per heavy atom. The van der Waals surface area contributed by atoms with Crippen molar-refractivity contribution in [2.24, 2.45) is 5.73 Å². The summed E-state index contributed by atoms with van der Waals surface area (Å²) in [6.45, 7) is 0. The summed E-state index contributed by atoms with van der Waals surface area (Å²) in [5.74, 6) is 0. The highest BCUT2D eigenvalue weighted by atomic mass is 14.7. The molecule has 2 heteroatoms. The average molecular weight is 212 g/mol. The van der Waals surface area contributed by atoms with E-state index in [-0.39, 0.29) is 6.04 Å². The number of nitrogens with two attached hydrogens (primary N) is 2. The Balaban J connectivity index is 2.15. The van der Waals surface area contributed by atoms with Gasteiger partial charge in [-0.1, -0.05) is 48.5 Å². The van der Waals surface area contributed by atoms with Gasteiger partial charge in [0.05, 0.1) is 0 Å². The number of benzene rings is 2. The van der Waals surface area contributed by atoms with Crippen LogP contribution in [0.5, 0.6) is 0 Å². The number of anilines is 1. The van der Waals surface area contributed by atoms with E-state index in [1.807, 2.05) is 42.5 Å². The summed E-state index contributed by atoms with van der Waals surface area (Å²) in [4.78, 5) is 0. The SMILES string of the molecule is Nc1ccccc1[C@@H](N)Cc1ccccc1. The van der Waals surface area contributed by atoms with E-state index < -0.39 is 0 Å². The molecular weight excluding hydrogens is 196 g/mol. The van der Waals surface area contributed by atoms with Crippen molar-refractivity contribution in [1.82, 2.24) is 0 Å². The zero-order valence-electron chi connectivity index (χ0n) is 9.14. The molecule has 0 aliphatic heterocycles. The highest BCUT2D eigenvalue weighted by molar-refractivity contribution is 5.48. The molecule has 0 saturated carbocycles. The fraction of sp³-hybridized carbons (Fsp3) is 0.143. The molecule has 0 heterocycles. The van der Waals surface area contributed by atoms with Gasteiger partial charge in [-0.15, -0.1) is 0 Å². The zero-order chi connectivity index (χ0) is 11.4. The van der Waals surface area contributed by atoms with Gasteiger partial charge in [-0.25, -0.2) is 0 Å². The van der Waals surface area contributed by atoms with Gasteiger partial charge in [0, 0.05) is 11.7 Å². The summed E-state index contributed by atoms with van der Waals surface area (Å²) in [6.07, 6.45) is 0.815. The van der Waals surface area contributed by atoms with Crippen molar-refractivity contribution in [3.8, 4) is 0 Å². The van der Waals surface area contributed by atoms with Crippen LogP contribution < -0.4 is 11.5 Å². The standard InChI is InChI=1S/C14H16N2/c15-13-9-5-4-8-12(13)14(16)10-11-6-2-1-3-7-11/h1-9,14H,10,15-16H2/t14-/m0/s1.